The van der Waals surface area contributed by atoms with Crippen molar-refractivity contribution in [1.82, 2.24) is 4.90 Å². The summed E-state index contributed by atoms with van der Waals surface area (Å²) in [6, 6.07) is -0.665. The molecular formula is C15H20Cl3NO7. The van der Waals surface area contributed by atoms with Gasteiger partial charge < -0.3 is 28.8 Å². The number of piperidine rings is 1. The van der Waals surface area contributed by atoms with Gasteiger partial charge in [-0.05, 0) is 20.3 Å². The average Bonchev–Trinajstić information content (AvgIpc) is 2.98. The smallest absolute Gasteiger partial charge is 0.410 e. The molecule has 148 valence electrons. The summed E-state index contributed by atoms with van der Waals surface area (Å²) in [5.74, 6) is -0.787. The minimum atomic E-state index is -1.71. The van der Waals surface area contributed by atoms with Crippen LogP contribution in [0.5, 0.6) is 0 Å². The summed E-state index contributed by atoms with van der Waals surface area (Å²) in [5.41, 5.74) is -0.783. The maximum absolute atomic E-state index is 12.5. The lowest BCUT2D eigenvalue weighted by atomic mass is 9.77. The van der Waals surface area contributed by atoms with Gasteiger partial charge in [0.2, 0.25) is 3.79 Å². The number of carbonyl (C=O) groups is 1. The number of hydrogen-bond donors (Lipinski definition) is 1. The monoisotopic (exact) mass is 431 g/mol. The quantitative estimate of drug-likeness (QED) is 0.629. The van der Waals surface area contributed by atoms with Crippen LogP contribution in [0.4, 0.5) is 4.79 Å². The van der Waals surface area contributed by atoms with Gasteiger partial charge in [-0.2, -0.15) is 0 Å². The highest BCUT2D eigenvalue weighted by Crippen LogP contribution is 2.52. The number of aliphatic hydroxyl groups is 1. The number of rotatable bonds is 1. The molecule has 4 heterocycles. The number of halogens is 3. The van der Waals surface area contributed by atoms with E-state index in [-0.39, 0.29) is 13.2 Å². The number of likely N-dealkylation sites (tertiary alicyclic amines) is 1. The molecule has 0 aromatic carbocycles. The predicted octanol–water partition coefficient (Wildman–Crippen LogP) is 1.57. The molecule has 0 spiro atoms. The number of amides is 1. The van der Waals surface area contributed by atoms with Crippen LogP contribution in [0.1, 0.15) is 20.3 Å². The van der Waals surface area contributed by atoms with E-state index in [2.05, 4.69) is 0 Å². The number of nitrogens with zero attached hydrogens (tertiary/aromatic N) is 1. The van der Waals surface area contributed by atoms with Gasteiger partial charge in [0.1, 0.15) is 30.5 Å². The second-order valence-electron chi connectivity index (χ2n) is 7.42. The average molecular weight is 433 g/mol. The topological polar surface area (TPSA) is 86.7 Å². The van der Waals surface area contributed by atoms with Gasteiger partial charge in [-0.1, -0.05) is 34.8 Å². The number of carbonyl (C=O) groups excluding carboxylic acids is 1. The molecule has 4 fully saturated rings. The Balaban J connectivity index is 1.55. The van der Waals surface area contributed by atoms with Crippen LogP contribution in [0.3, 0.4) is 0 Å². The second kappa shape index (κ2) is 6.22. The van der Waals surface area contributed by atoms with E-state index in [1.165, 1.54) is 4.90 Å². The maximum atomic E-state index is 12.5. The summed E-state index contributed by atoms with van der Waals surface area (Å²) in [4.78, 5) is 13.9. The van der Waals surface area contributed by atoms with Crippen molar-refractivity contribution in [2.75, 3.05) is 19.8 Å². The molecule has 4 rings (SSSR count). The van der Waals surface area contributed by atoms with Crippen LogP contribution < -0.4 is 0 Å². The van der Waals surface area contributed by atoms with Gasteiger partial charge >= 0.3 is 6.09 Å². The first-order valence-corrected chi connectivity index (χ1v) is 9.49. The van der Waals surface area contributed by atoms with Crippen LogP contribution >= 0.6 is 34.8 Å². The molecule has 0 saturated carbocycles. The highest BCUT2D eigenvalue weighted by Gasteiger charge is 2.71. The first kappa shape index (κ1) is 19.3. The van der Waals surface area contributed by atoms with Crippen LogP contribution in [0.2, 0.25) is 0 Å². The molecule has 4 saturated heterocycles. The molecular weight excluding hydrogens is 413 g/mol. The van der Waals surface area contributed by atoms with Gasteiger partial charge in [-0.15, -0.1) is 0 Å². The van der Waals surface area contributed by atoms with Crippen molar-refractivity contribution in [1.29, 1.82) is 0 Å². The molecule has 1 amide bonds. The molecule has 1 N–H and O–H groups in total. The van der Waals surface area contributed by atoms with Crippen LogP contribution in [-0.2, 0) is 23.7 Å². The third-order valence-corrected chi connectivity index (χ3v) is 5.55. The lowest BCUT2D eigenvalue weighted by Crippen LogP contribution is -2.72. The largest absolute Gasteiger partial charge is 0.445 e. The molecule has 6 atom stereocenters. The van der Waals surface area contributed by atoms with E-state index in [9.17, 15) is 9.90 Å². The molecule has 0 aromatic heterocycles. The Morgan fingerprint density at radius 2 is 2.04 bits per heavy atom. The van der Waals surface area contributed by atoms with Crippen molar-refractivity contribution in [2.24, 2.45) is 0 Å². The highest BCUT2D eigenvalue weighted by molar-refractivity contribution is 6.67. The summed E-state index contributed by atoms with van der Waals surface area (Å²) < 4.78 is 27.2. The Labute approximate surface area is 165 Å². The number of fused-ring (bicyclic) bond motifs is 1. The van der Waals surface area contributed by atoms with E-state index in [4.69, 9.17) is 58.5 Å². The first-order chi connectivity index (χ1) is 12.0. The fourth-order valence-electron chi connectivity index (χ4n) is 4.27. The van der Waals surface area contributed by atoms with E-state index >= 15 is 0 Å². The number of alkyl halides is 3. The lowest BCUT2D eigenvalue weighted by Gasteiger charge is -2.53. The molecule has 0 aromatic rings. The van der Waals surface area contributed by atoms with E-state index in [0.29, 0.717) is 6.42 Å². The number of hydrogen-bond acceptors (Lipinski definition) is 7. The summed E-state index contributed by atoms with van der Waals surface area (Å²) in [6.45, 7) is 3.55. The van der Waals surface area contributed by atoms with Crippen LogP contribution in [-0.4, -0.2) is 81.7 Å². The van der Waals surface area contributed by atoms with Crippen molar-refractivity contribution in [3.63, 3.8) is 0 Å². The third-order valence-electron chi connectivity index (χ3n) is 5.23. The number of aliphatic hydroxyl groups excluding tert-OH is 1. The van der Waals surface area contributed by atoms with Crippen LogP contribution in [0.15, 0.2) is 0 Å². The van der Waals surface area contributed by atoms with Crippen LogP contribution in [0, 0.1) is 0 Å². The van der Waals surface area contributed by atoms with Crippen molar-refractivity contribution in [2.45, 2.75) is 66.1 Å². The molecule has 8 nitrogen and oxygen atoms in total. The van der Waals surface area contributed by atoms with Gasteiger partial charge in [-0.25, -0.2) is 4.79 Å². The summed E-state index contributed by atoms with van der Waals surface area (Å²) in [5, 5.41) is 10.5. The maximum Gasteiger partial charge on any atom is 0.410 e. The summed E-state index contributed by atoms with van der Waals surface area (Å²) >= 11 is 16.9. The van der Waals surface area contributed by atoms with Crippen molar-refractivity contribution < 1.29 is 33.6 Å². The first-order valence-electron chi connectivity index (χ1n) is 8.36. The van der Waals surface area contributed by atoms with Gasteiger partial charge in [0, 0.05) is 6.54 Å². The fraction of sp³-hybridized carbons (Fsp3) is 0.933. The molecule has 26 heavy (non-hydrogen) atoms. The zero-order chi connectivity index (χ0) is 18.9. The van der Waals surface area contributed by atoms with E-state index in [0.717, 1.165) is 0 Å². The Morgan fingerprint density at radius 3 is 2.73 bits per heavy atom. The van der Waals surface area contributed by atoms with Crippen LogP contribution in [0.25, 0.3) is 0 Å². The third kappa shape index (κ3) is 3.08. The SMILES string of the molecule is CC1(C)O[C@H]2O[C@@H]3[C@H]4[C@H](O)CO[C@@]3(CCN4C(=O)OCC(Cl)(Cl)Cl)[C@H]2O1. The lowest BCUT2D eigenvalue weighted by molar-refractivity contribution is -0.284. The molecule has 2 bridgehead atoms. The van der Waals surface area contributed by atoms with E-state index < -0.39 is 58.5 Å². The summed E-state index contributed by atoms with van der Waals surface area (Å²) in [6.07, 6.45) is -2.84. The Kier molecular flexibility index (Phi) is 4.61. The van der Waals surface area contributed by atoms with E-state index in [1.807, 2.05) is 0 Å². The molecule has 11 heteroatoms. The van der Waals surface area contributed by atoms with E-state index in [1.54, 1.807) is 13.8 Å². The Bertz CT molecular complexity index is 600. The molecule has 4 aliphatic heterocycles. The molecule has 0 aliphatic carbocycles. The van der Waals surface area contributed by atoms with Crippen molar-refractivity contribution in [3.8, 4) is 0 Å². The van der Waals surface area contributed by atoms with Gasteiger partial charge in [0.15, 0.2) is 12.1 Å². The van der Waals surface area contributed by atoms with Gasteiger partial charge in [0.25, 0.3) is 0 Å². The minimum absolute atomic E-state index is 0.0474. The number of ether oxygens (including phenoxy) is 5. The second-order valence-corrected chi connectivity index (χ2v) is 9.93. The van der Waals surface area contributed by atoms with Crippen molar-refractivity contribution in [3.05, 3.63) is 0 Å². The zero-order valence-corrected chi connectivity index (χ0v) is 16.5. The standard InChI is InChI=1S/C15H20Cl3NO7/c1-13(2)25-10-11(26-13)24-9-8-7(20)5-23-14(9,10)3-4-19(8)12(21)22-6-15(16,17)18/h7-11,20H,3-6H2,1-2H3/t7-,8-,9-,10+,11-,14-/m1/s1. The van der Waals surface area contributed by atoms with Gasteiger partial charge in [-0.3, -0.25) is 4.90 Å². The molecule has 0 unspecified atom stereocenters. The normalized spacial score (nSPS) is 43.8. The highest BCUT2D eigenvalue weighted by atomic mass is 35.6. The fourth-order valence-corrected chi connectivity index (χ4v) is 4.43. The predicted molar refractivity (Wildman–Crippen MR) is 90.1 cm³/mol. The van der Waals surface area contributed by atoms with Gasteiger partial charge in [0.05, 0.1) is 12.6 Å². The molecule has 0 radical (unpaired) electrons. The summed E-state index contributed by atoms with van der Waals surface area (Å²) in [7, 11) is 0. The minimum Gasteiger partial charge on any atom is -0.445 e. The zero-order valence-electron chi connectivity index (χ0n) is 14.2. The van der Waals surface area contributed by atoms with Crippen molar-refractivity contribution >= 4 is 40.9 Å². The molecule has 4 aliphatic rings. The Morgan fingerprint density at radius 1 is 1.31 bits per heavy atom. The Hall–Kier alpha value is -0.0600.